The quantitative estimate of drug-likeness (QED) is 0.277. The maximum Gasteiger partial charge on any atom is 0.411 e. The maximum absolute atomic E-state index is 13.6. The number of likely N-dealkylation sites (tertiary alicyclic amines) is 1. The van der Waals surface area contributed by atoms with E-state index in [1.54, 1.807) is 13.4 Å². The molecule has 2 fully saturated rings. The van der Waals surface area contributed by atoms with Gasteiger partial charge in [-0.05, 0) is 56.4 Å². The van der Waals surface area contributed by atoms with E-state index in [1.165, 1.54) is 16.7 Å². The van der Waals surface area contributed by atoms with E-state index in [4.69, 9.17) is 9.47 Å². The molecule has 0 N–H and O–H groups in total. The number of amides is 1. The lowest BCUT2D eigenvalue weighted by Gasteiger charge is -2.54. The predicted molar refractivity (Wildman–Crippen MR) is 151 cm³/mol. The molecule has 5 rings (SSSR count). The van der Waals surface area contributed by atoms with Crippen LogP contribution in [0, 0.1) is 0 Å². The van der Waals surface area contributed by atoms with Crippen LogP contribution in [0.4, 0.5) is 4.79 Å². The van der Waals surface area contributed by atoms with Gasteiger partial charge in [-0.2, -0.15) is 0 Å². The summed E-state index contributed by atoms with van der Waals surface area (Å²) in [6.07, 6.45) is 5.28. The van der Waals surface area contributed by atoms with Crippen LogP contribution in [-0.2, 0) is 15.0 Å². The molecule has 0 aromatic heterocycles. The zero-order valence-corrected chi connectivity index (χ0v) is 22.8. The lowest BCUT2D eigenvalue weighted by Crippen LogP contribution is -2.67. The summed E-state index contributed by atoms with van der Waals surface area (Å²) in [6.45, 7) is 7.13. The number of benzene rings is 3. The summed E-state index contributed by atoms with van der Waals surface area (Å²) >= 11 is 0. The minimum atomic E-state index is -0.568. The van der Waals surface area contributed by atoms with Crippen LogP contribution in [0.2, 0.25) is 0 Å². The number of carbonyl (C=O) groups is 1. The highest BCUT2D eigenvalue weighted by molar-refractivity contribution is 5.71. The van der Waals surface area contributed by atoms with Gasteiger partial charge in [-0.1, -0.05) is 91.0 Å². The molecule has 2 saturated heterocycles. The molecule has 198 valence electrons. The van der Waals surface area contributed by atoms with Crippen molar-refractivity contribution in [1.82, 2.24) is 9.80 Å². The Morgan fingerprint density at radius 3 is 1.82 bits per heavy atom. The van der Waals surface area contributed by atoms with Gasteiger partial charge in [0, 0.05) is 19.1 Å². The molecular formula is C33H38N2O3. The first-order valence-electron chi connectivity index (χ1n) is 13.4. The average Bonchev–Trinajstić information content (AvgIpc) is 3.16. The third kappa shape index (κ3) is 4.60. The van der Waals surface area contributed by atoms with E-state index in [2.05, 4.69) is 102 Å². The van der Waals surface area contributed by atoms with Crippen LogP contribution in [0.3, 0.4) is 0 Å². The number of piperazine rings is 1. The molecule has 1 amide bonds. The first-order valence-corrected chi connectivity index (χ1v) is 13.4. The Hall–Kier alpha value is -3.57. The highest BCUT2D eigenvalue weighted by Crippen LogP contribution is 2.49. The molecular weight excluding hydrogens is 472 g/mol. The number of rotatable bonds is 6. The minimum Gasteiger partial charge on any atom is -0.505 e. The fourth-order valence-corrected chi connectivity index (χ4v) is 6.40. The van der Waals surface area contributed by atoms with Gasteiger partial charge in [-0.25, -0.2) is 4.79 Å². The van der Waals surface area contributed by atoms with Gasteiger partial charge in [0.2, 0.25) is 0 Å². The minimum absolute atomic E-state index is 0.00983. The van der Waals surface area contributed by atoms with Crippen LogP contribution in [0.25, 0.3) is 0 Å². The summed E-state index contributed by atoms with van der Waals surface area (Å²) in [5.41, 5.74) is 1.95. The number of ether oxygens (including phenoxy) is 2. The number of hydrogen-bond acceptors (Lipinski definition) is 4. The van der Waals surface area contributed by atoms with Gasteiger partial charge in [-0.3, -0.25) is 9.80 Å². The van der Waals surface area contributed by atoms with Gasteiger partial charge in [-0.15, -0.1) is 0 Å². The van der Waals surface area contributed by atoms with Crippen LogP contribution in [0.15, 0.2) is 103 Å². The standard InChI is InChI=1S/C33H38N2O3/c1-31(2,3)38-30(36)35-29-20-21-32(35,22-23-37-4)25-34(24-29)33(26-14-8-5-9-15-26,27-16-10-6-11-17-27)28-18-12-7-13-19-28/h5-19,22-23,29H,20-21,24-25H2,1-4H3/b23-22+. The summed E-state index contributed by atoms with van der Waals surface area (Å²) in [7, 11) is 1.65. The molecule has 2 aliphatic rings. The van der Waals surface area contributed by atoms with Crippen molar-refractivity contribution in [2.45, 2.75) is 56.3 Å². The molecule has 0 spiro atoms. The molecule has 0 radical (unpaired) electrons. The highest BCUT2D eigenvalue weighted by atomic mass is 16.6. The lowest BCUT2D eigenvalue weighted by atomic mass is 9.74. The molecule has 5 heteroatoms. The first kappa shape index (κ1) is 26.1. The van der Waals surface area contributed by atoms with Gasteiger partial charge >= 0.3 is 6.09 Å². The van der Waals surface area contributed by atoms with Crippen LogP contribution in [-0.4, -0.2) is 53.3 Å². The summed E-state index contributed by atoms with van der Waals surface area (Å²) in [5, 5.41) is 0. The van der Waals surface area contributed by atoms with Crippen molar-refractivity contribution in [3.63, 3.8) is 0 Å². The maximum atomic E-state index is 13.6. The molecule has 38 heavy (non-hydrogen) atoms. The van der Waals surface area contributed by atoms with Gasteiger partial charge in [0.05, 0.1) is 24.4 Å². The Morgan fingerprint density at radius 2 is 1.37 bits per heavy atom. The Kier molecular flexibility index (Phi) is 7.06. The Bertz CT molecular complexity index is 1160. The monoisotopic (exact) mass is 510 g/mol. The van der Waals surface area contributed by atoms with Gasteiger partial charge in [0.1, 0.15) is 5.60 Å². The smallest absolute Gasteiger partial charge is 0.411 e. The van der Waals surface area contributed by atoms with Crippen molar-refractivity contribution in [2.24, 2.45) is 0 Å². The lowest BCUT2D eigenvalue weighted by molar-refractivity contribution is -0.0355. The zero-order valence-electron chi connectivity index (χ0n) is 22.8. The number of nitrogens with zero attached hydrogens (tertiary/aromatic N) is 2. The van der Waals surface area contributed by atoms with Crippen molar-refractivity contribution in [1.29, 1.82) is 0 Å². The van der Waals surface area contributed by atoms with Crippen molar-refractivity contribution >= 4 is 6.09 Å². The number of fused-ring (bicyclic) bond motifs is 2. The van der Waals surface area contributed by atoms with E-state index < -0.39 is 16.7 Å². The van der Waals surface area contributed by atoms with Gasteiger partial charge < -0.3 is 9.47 Å². The molecule has 2 atom stereocenters. The predicted octanol–water partition coefficient (Wildman–Crippen LogP) is 6.59. The molecule has 2 bridgehead atoms. The first-order chi connectivity index (χ1) is 18.3. The summed E-state index contributed by atoms with van der Waals surface area (Å²) in [4.78, 5) is 18.2. The van der Waals surface area contributed by atoms with E-state index >= 15 is 0 Å². The van der Waals surface area contributed by atoms with Crippen molar-refractivity contribution in [2.75, 3.05) is 20.2 Å². The normalized spacial score (nSPS) is 22.0. The largest absolute Gasteiger partial charge is 0.505 e. The van der Waals surface area contributed by atoms with Crippen LogP contribution in [0.1, 0.15) is 50.3 Å². The van der Waals surface area contributed by atoms with E-state index in [1.807, 2.05) is 25.7 Å². The number of hydrogen-bond donors (Lipinski definition) is 0. The molecule has 3 aromatic carbocycles. The number of carbonyl (C=O) groups excluding carboxylic acids is 1. The highest BCUT2D eigenvalue weighted by Gasteiger charge is 2.57. The van der Waals surface area contributed by atoms with Crippen LogP contribution < -0.4 is 0 Å². The fourth-order valence-electron chi connectivity index (χ4n) is 6.40. The third-order valence-corrected chi connectivity index (χ3v) is 7.80. The molecule has 5 nitrogen and oxygen atoms in total. The number of methoxy groups -OCH3 is 1. The molecule has 0 saturated carbocycles. The topological polar surface area (TPSA) is 42.0 Å². The fraction of sp³-hybridized carbons (Fsp3) is 0.364. The van der Waals surface area contributed by atoms with Gasteiger partial charge in [0.25, 0.3) is 0 Å². The molecule has 3 aromatic rings. The van der Waals surface area contributed by atoms with Crippen molar-refractivity contribution < 1.29 is 14.3 Å². The van der Waals surface area contributed by atoms with E-state index in [0.29, 0.717) is 6.54 Å². The van der Waals surface area contributed by atoms with E-state index in [9.17, 15) is 4.79 Å². The van der Waals surface area contributed by atoms with Gasteiger partial charge in [0.15, 0.2) is 0 Å². The Labute approximate surface area is 226 Å². The zero-order chi connectivity index (χ0) is 26.8. The second kappa shape index (κ2) is 10.3. The van der Waals surface area contributed by atoms with Crippen molar-refractivity contribution in [3.8, 4) is 0 Å². The van der Waals surface area contributed by atoms with Crippen LogP contribution >= 0.6 is 0 Å². The third-order valence-electron chi connectivity index (χ3n) is 7.80. The summed E-state index contributed by atoms with van der Waals surface area (Å²) in [6, 6.07) is 32.2. The molecule has 2 unspecified atom stereocenters. The molecule has 2 aliphatic heterocycles. The van der Waals surface area contributed by atoms with Crippen LogP contribution in [0.5, 0.6) is 0 Å². The SMILES string of the molecule is CO/C=C/C12CCC(CN(C(c3ccccc3)(c3ccccc3)c3ccccc3)C1)N2C(=O)OC(C)(C)C. The van der Waals surface area contributed by atoms with Crippen molar-refractivity contribution in [3.05, 3.63) is 120 Å². The second-order valence-corrected chi connectivity index (χ2v) is 11.4. The Balaban J connectivity index is 1.70. The summed E-state index contributed by atoms with van der Waals surface area (Å²) < 4.78 is 11.3. The van der Waals surface area contributed by atoms with E-state index in [0.717, 1.165) is 19.4 Å². The molecule has 0 aliphatic carbocycles. The van der Waals surface area contributed by atoms with E-state index in [-0.39, 0.29) is 12.1 Å². The average molecular weight is 511 g/mol. The molecule has 2 heterocycles. The summed E-state index contributed by atoms with van der Waals surface area (Å²) in [5.74, 6) is 0. The Morgan fingerprint density at radius 1 is 0.868 bits per heavy atom. The second-order valence-electron chi connectivity index (χ2n) is 11.4.